The van der Waals surface area contributed by atoms with Gasteiger partial charge in [0.15, 0.2) is 17.0 Å². The van der Waals surface area contributed by atoms with E-state index in [-0.39, 0.29) is 5.95 Å². The lowest BCUT2D eigenvalue weighted by molar-refractivity contribution is -0.0207. The smallest absolute Gasteiger partial charge is 0.224 e. The van der Waals surface area contributed by atoms with Crippen molar-refractivity contribution in [2.45, 2.75) is 50.6 Å². The van der Waals surface area contributed by atoms with Gasteiger partial charge in [0.25, 0.3) is 0 Å². The van der Waals surface area contributed by atoms with Crippen molar-refractivity contribution in [2.75, 3.05) is 11.5 Å². The van der Waals surface area contributed by atoms with Crippen LogP contribution in [-0.2, 0) is 6.54 Å². The monoisotopic (exact) mass is 325 g/mol. The first-order chi connectivity index (χ1) is 11.6. The van der Waals surface area contributed by atoms with E-state index in [0.29, 0.717) is 22.5 Å². The first-order valence-corrected chi connectivity index (χ1v) is 8.88. The van der Waals surface area contributed by atoms with Gasteiger partial charge in [0.2, 0.25) is 5.95 Å². The van der Waals surface area contributed by atoms with Crippen LogP contribution < -0.4 is 16.8 Å². The van der Waals surface area contributed by atoms with Crippen LogP contribution in [-0.4, -0.2) is 25.5 Å². The Morgan fingerprint density at radius 2 is 1.67 bits per heavy atom. The second-order valence-corrected chi connectivity index (χ2v) is 8.05. The van der Waals surface area contributed by atoms with E-state index in [1.54, 1.807) is 6.20 Å². The van der Waals surface area contributed by atoms with Gasteiger partial charge in [-0.2, -0.15) is 9.97 Å². The minimum atomic E-state index is 0.133. The van der Waals surface area contributed by atoms with Gasteiger partial charge in [-0.15, -0.1) is 0 Å². The minimum absolute atomic E-state index is 0.133. The summed E-state index contributed by atoms with van der Waals surface area (Å²) in [5.41, 5.74) is 13.7. The third-order valence-electron chi connectivity index (χ3n) is 6.18. The number of hydrogen-bond acceptors (Lipinski definition) is 7. The number of hydrogen-bond donors (Lipinski definition) is 3. The Kier molecular flexibility index (Phi) is 2.98. The summed E-state index contributed by atoms with van der Waals surface area (Å²) in [4.78, 5) is 17.0. The van der Waals surface area contributed by atoms with E-state index in [4.69, 9.17) is 11.5 Å². The highest BCUT2D eigenvalue weighted by Gasteiger charge is 2.50. The molecule has 7 heteroatoms. The third kappa shape index (κ3) is 2.30. The third-order valence-corrected chi connectivity index (χ3v) is 6.18. The number of nitrogens with zero attached hydrogens (tertiary/aromatic N) is 4. The van der Waals surface area contributed by atoms with Crippen LogP contribution >= 0.6 is 0 Å². The Bertz CT molecular complexity index is 768. The fourth-order valence-corrected chi connectivity index (χ4v) is 5.67. The van der Waals surface area contributed by atoms with Crippen LogP contribution in [0.2, 0.25) is 0 Å². The topological polar surface area (TPSA) is 116 Å². The van der Waals surface area contributed by atoms with Crippen LogP contribution in [0.1, 0.15) is 44.2 Å². The zero-order valence-electron chi connectivity index (χ0n) is 13.7. The van der Waals surface area contributed by atoms with E-state index in [1.165, 1.54) is 38.5 Å². The van der Waals surface area contributed by atoms with Gasteiger partial charge < -0.3 is 16.8 Å². The van der Waals surface area contributed by atoms with Gasteiger partial charge >= 0.3 is 0 Å². The lowest BCUT2D eigenvalue weighted by atomic mass is 9.53. The molecule has 126 valence electrons. The van der Waals surface area contributed by atoms with Gasteiger partial charge in [-0.3, -0.25) is 0 Å². The molecule has 4 aliphatic rings. The molecule has 6 rings (SSSR count). The number of nitrogen functional groups attached to an aromatic ring is 2. The molecule has 0 radical (unpaired) electrons. The Labute approximate surface area is 140 Å². The fourth-order valence-electron chi connectivity index (χ4n) is 5.67. The SMILES string of the molecule is Nc1nc(N)c2nc(CNC34CC5CC(CC(C5)C3)C4)cnc2n1. The van der Waals surface area contributed by atoms with Crippen molar-refractivity contribution < 1.29 is 0 Å². The lowest BCUT2D eigenvalue weighted by Gasteiger charge is -2.57. The van der Waals surface area contributed by atoms with E-state index in [9.17, 15) is 0 Å². The van der Waals surface area contributed by atoms with Gasteiger partial charge in [-0.05, 0) is 56.3 Å². The molecule has 7 nitrogen and oxygen atoms in total. The molecule has 4 fully saturated rings. The summed E-state index contributed by atoms with van der Waals surface area (Å²) < 4.78 is 0. The number of anilines is 2. The summed E-state index contributed by atoms with van der Waals surface area (Å²) >= 11 is 0. The van der Waals surface area contributed by atoms with Crippen molar-refractivity contribution in [1.29, 1.82) is 0 Å². The van der Waals surface area contributed by atoms with Crippen LogP contribution in [0, 0.1) is 17.8 Å². The van der Waals surface area contributed by atoms with Gasteiger partial charge in [-0.25, -0.2) is 9.97 Å². The van der Waals surface area contributed by atoms with Gasteiger partial charge in [-0.1, -0.05) is 0 Å². The van der Waals surface area contributed by atoms with E-state index in [1.807, 2.05) is 0 Å². The predicted octanol–water partition coefficient (Wildman–Crippen LogP) is 1.64. The maximum absolute atomic E-state index is 5.91. The van der Waals surface area contributed by atoms with Crippen molar-refractivity contribution >= 4 is 22.9 Å². The molecule has 0 spiro atoms. The summed E-state index contributed by atoms with van der Waals surface area (Å²) in [6.07, 6.45) is 10.1. The molecule has 4 bridgehead atoms. The molecule has 0 aromatic carbocycles. The molecule has 4 aliphatic carbocycles. The highest BCUT2D eigenvalue weighted by molar-refractivity contribution is 5.81. The summed E-state index contributed by atoms with van der Waals surface area (Å²) in [5.74, 6) is 3.21. The van der Waals surface area contributed by atoms with Gasteiger partial charge in [0.05, 0.1) is 11.9 Å². The highest BCUT2D eigenvalue weighted by Crippen LogP contribution is 2.55. The Hall–Kier alpha value is -2.02. The number of nitrogens with one attached hydrogen (secondary N) is 1. The summed E-state index contributed by atoms with van der Waals surface area (Å²) in [5, 5.41) is 3.83. The summed E-state index contributed by atoms with van der Waals surface area (Å²) in [6, 6.07) is 0. The van der Waals surface area contributed by atoms with Crippen LogP contribution in [0.25, 0.3) is 11.2 Å². The largest absolute Gasteiger partial charge is 0.382 e. The first-order valence-electron chi connectivity index (χ1n) is 8.88. The average molecular weight is 325 g/mol. The Balaban J connectivity index is 1.38. The lowest BCUT2D eigenvalue weighted by Crippen LogP contribution is -2.58. The zero-order chi connectivity index (χ0) is 16.3. The van der Waals surface area contributed by atoms with Crippen molar-refractivity contribution in [3.8, 4) is 0 Å². The predicted molar refractivity (Wildman–Crippen MR) is 91.7 cm³/mol. The molecule has 0 aliphatic heterocycles. The molecule has 5 N–H and O–H groups in total. The molecule has 0 amide bonds. The molecule has 4 saturated carbocycles. The van der Waals surface area contributed by atoms with Crippen molar-refractivity contribution in [1.82, 2.24) is 25.3 Å². The van der Waals surface area contributed by atoms with Crippen molar-refractivity contribution in [3.05, 3.63) is 11.9 Å². The molecule has 2 heterocycles. The Morgan fingerprint density at radius 3 is 2.33 bits per heavy atom. The minimum Gasteiger partial charge on any atom is -0.382 e. The normalized spacial score (nSPS) is 34.1. The molecule has 2 aromatic rings. The summed E-state index contributed by atoms with van der Waals surface area (Å²) in [7, 11) is 0. The number of rotatable bonds is 3. The number of aromatic nitrogens is 4. The second-order valence-electron chi connectivity index (χ2n) is 8.05. The maximum Gasteiger partial charge on any atom is 0.224 e. The van der Waals surface area contributed by atoms with Gasteiger partial charge in [0, 0.05) is 12.1 Å². The van der Waals surface area contributed by atoms with Crippen LogP contribution in [0.5, 0.6) is 0 Å². The zero-order valence-corrected chi connectivity index (χ0v) is 13.7. The van der Waals surface area contributed by atoms with Crippen LogP contribution in [0.3, 0.4) is 0 Å². The molecular formula is C17H23N7. The van der Waals surface area contributed by atoms with E-state index < -0.39 is 0 Å². The molecule has 0 atom stereocenters. The van der Waals surface area contributed by atoms with Crippen molar-refractivity contribution in [2.24, 2.45) is 17.8 Å². The number of nitrogens with two attached hydrogens (primary N) is 2. The highest BCUT2D eigenvalue weighted by atomic mass is 15.1. The standard InChI is InChI=1S/C17H23N7/c18-14-13-15(24-16(19)23-14)20-7-12(22-13)8-21-17-4-9-1-10(5-17)3-11(2-9)6-17/h7,9-11,21H,1-6,8H2,(H4,18,19,20,23,24). The quantitative estimate of drug-likeness (QED) is 0.785. The summed E-state index contributed by atoms with van der Waals surface area (Å²) in [6.45, 7) is 0.721. The van der Waals surface area contributed by atoms with Gasteiger partial charge in [0.1, 0.15) is 0 Å². The molecule has 0 unspecified atom stereocenters. The number of fused-ring (bicyclic) bond motifs is 1. The maximum atomic E-state index is 5.91. The average Bonchev–Trinajstić information content (AvgIpc) is 2.52. The second kappa shape index (κ2) is 4.99. The van der Waals surface area contributed by atoms with E-state index in [0.717, 1.165) is 30.0 Å². The molecule has 2 aromatic heterocycles. The first kappa shape index (κ1) is 14.3. The molecule has 0 saturated heterocycles. The van der Waals surface area contributed by atoms with Crippen LogP contribution in [0.15, 0.2) is 6.20 Å². The molecular weight excluding hydrogens is 302 g/mol. The van der Waals surface area contributed by atoms with Crippen LogP contribution in [0.4, 0.5) is 11.8 Å². The Morgan fingerprint density at radius 1 is 1.00 bits per heavy atom. The molecule has 24 heavy (non-hydrogen) atoms. The van der Waals surface area contributed by atoms with E-state index in [2.05, 4.69) is 25.3 Å². The van der Waals surface area contributed by atoms with E-state index >= 15 is 0 Å². The van der Waals surface area contributed by atoms with Crippen molar-refractivity contribution in [3.63, 3.8) is 0 Å². The fraction of sp³-hybridized carbons (Fsp3) is 0.647.